The number of nitrogens with two attached hydrogens (primary N) is 1. The van der Waals surface area contributed by atoms with Gasteiger partial charge in [0.2, 0.25) is 5.91 Å². The predicted molar refractivity (Wildman–Crippen MR) is 65.6 cm³/mol. The fraction of sp³-hybridized carbons (Fsp3) is 0.917. The number of nitrogens with zero attached hydrogens (tertiary/aromatic N) is 2. The molecule has 2 atom stereocenters. The van der Waals surface area contributed by atoms with Crippen LogP contribution in [0, 0.1) is 5.92 Å². The second-order valence-corrected chi connectivity index (χ2v) is 4.99. The highest BCUT2D eigenvalue weighted by atomic mass is 16.5. The molecule has 0 aromatic rings. The molecule has 1 amide bonds. The second-order valence-electron chi connectivity index (χ2n) is 4.99. The lowest BCUT2D eigenvalue weighted by molar-refractivity contribution is -0.130. The first-order chi connectivity index (χ1) is 8.22. The number of ether oxygens (including phenoxy) is 1. The molecule has 0 spiro atoms. The maximum absolute atomic E-state index is 11.8. The van der Waals surface area contributed by atoms with Gasteiger partial charge in [-0.15, -0.1) is 0 Å². The molecule has 5 nitrogen and oxygen atoms in total. The summed E-state index contributed by atoms with van der Waals surface area (Å²) in [4.78, 5) is 16.1. The van der Waals surface area contributed by atoms with Crippen LogP contribution in [0.5, 0.6) is 0 Å². The Morgan fingerprint density at radius 1 is 1.47 bits per heavy atom. The Hall–Kier alpha value is -0.650. The third-order valence-corrected chi connectivity index (χ3v) is 3.72. The van der Waals surface area contributed by atoms with Gasteiger partial charge in [-0.2, -0.15) is 0 Å². The molecule has 2 N–H and O–H groups in total. The van der Waals surface area contributed by atoms with E-state index in [4.69, 9.17) is 10.5 Å². The van der Waals surface area contributed by atoms with Crippen LogP contribution in [0.15, 0.2) is 0 Å². The molecule has 2 rings (SSSR count). The highest BCUT2D eigenvalue weighted by molar-refractivity contribution is 5.78. The third-order valence-electron chi connectivity index (χ3n) is 3.72. The molecule has 0 bridgehead atoms. The van der Waals surface area contributed by atoms with E-state index < -0.39 is 0 Å². The first-order valence-electron chi connectivity index (χ1n) is 6.54. The van der Waals surface area contributed by atoms with E-state index in [0.29, 0.717) is 18.9 Å². The minimum absolute atomic E-state index is 0.171. The number of hydrogen-bond acceptors (Lipinski definition) is 4. The van der Waals surface area contributed by atoms with E-state index in [9.17, 15) is 4.79 Å². The molecule has 0 aliphatic carbocycles. The molecule has 17 heavy (non-hydrogen) atoms. The Morgan fingerprint density at radius 2 is 2.29 bits per heavy atom. The van der Waals surface area contributed by atoms with Gasteiger partial charge >= 0.3 is 0 Å². The monoisotopic (exact) mass is 241 g/mol. The number of carbonyl (C=O) groups is 1. The molecule has 2 unspecified atom stereocenters. The Kier molecular flexibility index (Phi) is 4.36. The zero-order chi connectivity index (χ0) is 12.3. The summed E-state index contributed by atoms with van der Waals surface area (Å²) < 4.78 is 5.72. The molecule has 2 saturated heterocycles. The predicted octanol–water partition coefficient (Wildman–Crippen LogP) is -0.486. The molecule has 0 aromatic heterocycles. The summed E-state index contributed by atoms with van der Waals surface area (Å²) >= 11 is 0. The standard InChI is InChI=1S/C12H23N3O2/c1-2-14-3-4-17-11(8-14)9-15-7-10(6-13)5-12(15)16/h10-11H,2-9,13H2,1H3. The third kappa shape index (κ3) is 3.18. The van der Waals surface area contributed by atoms with Gasteiger partial charge in [0.15, 0.2) is 0 Å². The van der Waals surface area contributed by atoms with Crippen molar-refractivity contribution >= 4 is 5.91 Å². The normalized spacial score (nSPS) is 31.2. The lowest BCUT2D eigenvalue weighted by Gasteiger charge is -2.34. The summed E-state index contributed by atoms with van der Waals surface area (Å²) in [5, 5.41) is 0. The Balaban J connectivity index is 1.82. The lowest BCUT2D eigenvalue weighted by atomic mass is 10.1. The van der Waals surface area contributed by atoms with Crippen LogP contribution in [-0.2, 0) is 9.53 Å². The van der Waals surface area contributed by atoms with Crippen molar-refractivity contribution in [1.29, 1.82) is 0 Å². The quantitative estimate of drug-likeness (QED) is 0.722. The molecular weight excluding hydrogens is 218 g/mol. The Bertz CT molecular complexity index is 272. The van der Waals surface area contributed by atoms with Gasteiger partial charge in [0.05, 0.1) is 12.7 Å². The van der Waals surface area contributed by atoms with Crippen molar-refractivity contribution in [2.45, 2.75) is 19.4 Å². The van der Waals surface area contributed by atoms with Gasteiger partial charge in [-0.05, 0) is 19.0 Å². The fourth-order valence-corrected chi connectivity index (χ4v) is 2.61. The zero-order valence-corrected chi connectivity index (χ0v) is 10.6. The van der Waals surface area contributed by atoms with Gasteiger partial charge in [0.25, 0.3) is 0 Å². The minimum Gasteiger partial charge on any atom is -0.374 e. The Morgan fingerprint density at radius 3 is 2.94 bits per heavy atom. The number of morpholine rings is 1. The average molecular weight is 241 g/mol. The molecule has 0 aromatic carbocycles. The summed E-state index contributed by atoms with van der Waals surface area (Å²) in [6, 6.07) is 0. The van der Waals surface area contributed by atoms with Crippen LogP contribution in [0.25, 0.3) is 0 Å². The first kappa shape index (κ1) is 12.8. The molecule has 5 heteroatoms. The molecule has 2 aliphatic heterocycles. The summed E-state index contributed by atoms with van der Waals surface area (Å²) in [6.45, 7) is 8.08. The van der Waals surface area contributed by atoms with Crippen molar-refractivity contribution in [2.24, 2.45) is 11.7 Å². The summed E-state index contributed by atoms with van der Waals surface area (Å²) in [7, 11) is 0. The summed E-state index contributed by atoms with van der Waals surface area (Å²) in [5.41, 5.74) is 5.62. The van der Waals surface area contributed by atoms with Gasteiger partial charge in [-0.3, -0.25) is 9.69 Å². The van der Waals surface area contributed by atoms with Crippen molar-refractivity contribution in [3.8, 4) is 0 Å². The number of hydrogen-bond donors (Lipinski definition) is 1. The molecule has 0 radical (unpaired) electrons. The van der Waals surface area contributed by atoms with E-state index in [1.165, 1.54) is 0 Å². The van der Waals surface area contributed by atoms with Gasteiger partial charge in [-0.1, -0.05) is 6.92 Å². The maximum atomic E-state index is 11.8. The minimum atomic E-state index is 0.171. The first-order valence-corrected chi connectivity index (χ1v) is 6.54. The Labute approximate surface area is 103 Å². The highest BCUT2D eigenvalue weighted by Crippen LogP contribution is 2.18. The highest BCUT2D eigenvalue weighted by Gasteiger charge is 2.31. The number of amides is 1. The number of likely N-dealkylation sites (N-methyl/N-ethyl adjacent to an activating group) is 1. The van der Waals surface area contributed by atoms with Crippen LogP contribution < -0.4 is 5.73 Å². The van der Waals surface area contributed by atoms with Crippen molar-refractivity contribution in [2.75, 3.05) is 45.9 Å². The van der Waals surface area contributed by atoms with Crippen molar-refractivity contribution < 1.29 is 9.53 Å². The number of likely N-dealkylation sites (tertiary alicyclic amines) is 1. The van der Waals surface area contributed by atoms with Crippen LogP contribution in [-0.4, -0.2) is 67.7 Å². The van der Waals surface area contributed by atoms with E-state index in [-0.39, 0.29) is 12.0 Å². The lowest BCUT2D eigenvalue weighted by Crippen LogP contribution is -2.47. The van der Waals surface area contributed by atoms with Gasteiger partial charge < -0.3 is 15.4 Å². The topological polar surface area (TPSA) is 58.8 Å². The van der Waals surface area contributed by atoms with E-state index >= 15 is 0 Å². The van der Waals surface area contributed by atoms with Gasteiger partial charge in [0, 0.05) is 32.6 Å². The van der Waals surface area contributed by atoms with Crippen LogP contribution in [0.1, 0.15) is 13.3 Å². The second kappa shape index (κ2) is 5.80. The van der Waals surface area contributed by atoms with Crippen molar-refractivity contribution in [3.05, 3.63) is 0 Å². The number of rotatable bonds is 4. The van der Waals surface area contributed by atoms with E-state index in [1.54, 1.807) is 0 Å². The van der Waals surface area contributed by atoms with Crippen molar-refractivity contribution in [1.82, 2.24) is 9.80 Å². The molecule has 0 saturated carbocycles. The van der Waals surface area contributed by atoms with Crippen LogP contribution in [0.4, 0.5) is 0 Å². The summed E-state index contributed by atoms with van der Waals surface area (Å²) in [6.07, 6.45) is 0.782. The smallest absolute Gasteiger partial charge is 0.223 e. The molecule has 2 aliphatic rings. The molecular formula is C12H23N3O2. The molecule has 2 fully saturated rings. The zero-order valence-electron chi connectivity index (χ0n) is 10.6. The SMILES string of the molecule is CCN1CCOC(CN2CC(CN)CC2=O)C1. The van der Waals surface area contributed by atoms with Crippen LogP contribution in [0.3, 0.4) is 0 Å². The maximum Gasteiger partial charge on any atom is 0.223 e. The summed E-state index contributed by atoms with van der Waals surface area (Å²) in [5.74, 6) is 0.575. The van der Waals surface area contributed by atoms with Crippen LogP contribution >= 0.6 is 0 Å². The van der Waals surface area contributed by atoms with Gasteiger partial charge in [-0.25, -0.2) is 0 Å². The van der Waals surface area contributed by atoms with E-state index in [1.807, 2.05) is 4.90 Å². The van der Waals surface area contributed by atoms with Crippen LogP contribution in [0.2, 0.25) is 0 Å². The number of carbonyl (C=O) groups excluding carboxylic acids is 1. The van der Waals surface area contributed by atoms with E-state index in [2.05, 4.69) is 11.8 Å². The largest absolute Gasteiger partial charge is 0.374 e. The van der Waals surface area contributed by atoms with E-state index in [0.717, 1.165) is 39.3 Å². The molecule has 98 valence electrons. The van der Waals surface area contributed by atoms with Gasteiger partial charge in [0.1, 0.15) is 0 Å². The molecule has 2 heterocycles. The van der Waals surface area contributed by atoms with Crippen molar-refractivity contribution in [3.63, 3.8) is 0 Å². The fourth-order valence-electron chi connectivity index (χ4n) is 2.61. The average Bonchev–Trinajstić information content (AvgIpc) is 2.70.